The molecule has 7 heteroatoms. The summed E-state index contributed by atoms with van der Waals surface area (Å²) in [7, 11) is 0. The van der Waals surface area contributed by atoms with E-state index in [2.05, 4.69) is 11.9 Å². The molecule has 0 aliphatic heterocycles. The maximum atomic E-state index is 13.6. The van der Waals surface area contributed by atoms with Gasteiger partial charge in [-0.3, -0.25) is 4.79 Å². The molecule has 3 fully saturated rings. The molecule has 3 aromatic rings. The number of carbonyl (C=O) groups is 1. The van der Waals surface area contributed by atoms with E-state index < -0.39 is 0 Å². The lowest BCUT2D eigenvalue weighted by molar-refractivity contribution is -0.123. The summed E-state index contributed by atoms with van der Waals surface area (Å²) in [6.45, 7) is 2.06. The third-order valence-electron chi connectivity index (χ3n) is 7.67. The molecule has 7 rings (SSSR count). The number of nitrogens with zero attached hydrogens (tertiary/aromatic N) is 1. The number of aliphatic hydroxyl groups excluding tert-OH is 1. The second-order valence-corrected chi connectivity index (χ2v) is 11.2. The van der Waals surface area contributed by atoms with Crippen LogP contribution in [-0.2, 0) is 11.2 Å². The number of allylic oxidation sites excluding steroid dienone is 2. The number of thiazole rings is 1. The molecule has 4 nitrogen and oxygen atoms in total. The Balaban J connectivity index is 1.39. The summed E-state index contributed by atoms with van der Waals surface area (Å²) in [5, 5.41) is 12.7. The zero-order chi connectivity index (χ0) is 22.9. The van der Waals surface area contributed by atoms with Crippen molar-refractivity contribution in [3.63, 3.8) is 0 Å². The summed E-state index contributed by atoms with van der Waals surface area (Å²) in [5.74, 6) is 1.74. The molecule has 0 saturated heterocycles. The summed E-state index contributed by atoms with van der Waals surface area (Å²) in [5.41, 5.74) is 2.97. The van der Waals surface area contributed by atoms with Crippen molar-refractivity contribution in [2.45, 2.75) is 39.0 Å². The number of rotatable bonds is 4. The second-order valence-electron chi connectivity index (χ2n) is 9.34. The molecule has 0 spiro atoms. The number of ether oxygens (including phenoxy) is 1. The SMILES string of the molecule is CCc1ccc(Oc2nc3c(Cl)cc(Cl)cc3s2)cc1C1=C(O)C2C(C1=O)[C@H]1CC[C@@H]2CC1. The fourth-order valence-electron chi connectivity index (χ4n) is 6.19. The van der Waals surface area contributed by atoms with Gasteiger partial charge in [0, 0.05) is 16.9 Å². The lowest BCUT2D eigenvalue weighted by Crippen LogP contribution is -2.41. The van der Waals surface area contributed by atoms with Gasteiger partial charge in [0.25, 0.3) is 5.19 Å². The Morgan fingerprint density at radius 2 is 1.82 bits per heavy atom. The summed E-state index contributed by atoms with van der Waals surface area (Å²) in [6.07, 6.45) is 5.20. The average molecular weight is 500 g/mol. The number of aryl methyl sites for hydroxylation is 1. The van der Waals surface area contributed by atoms with Crippen LogP contribution < -0.4 is 4.74 Å². The zero-order valence-corrected chi connectivity index (χ0v) is 20.4. The van der Waals surface area contributed by atoms with Gasteiger partial charge >= 0.3 is 0 Å². The standard InChI is InChI=1S/C26H23Cl2NO3S/c1-2-12-7-8-16(32-26-29-23-18(28)9-15(27)10-19(23)33-26)11-17(12)22-24(30)20-13-3-4-14(6-5-13)21(20)25(22)31/h7-11,13-14,20-21,30H,2-6H2,1H3/t13-,14+,20?,21?. The molecule has 2 atom stereocenters. The van der Waals surface area contributed by atoms with Crippen molar-refractivity contribution >= 4 is 56.1 Å². The summed E-state index contributed by atoms with van der Waals surface area (Å²) >= 11 is 13.8. The Kier molecular flexibility index (Phi) is 5.20. The first-order valence-corrected chi connectivity index (χ1v) is 13.1. The molecular weight excluding hydrogens is 477 g/mol. The lowest BCUT2D eigenvalue weighted by Gasteiger charge is -2.44. The number of hydrogen-bond donors (Lipinski definition) is 1. The molecule has 3 saturated carbocycles. The number of halogens is 2. The molecule has 4 aliphatic rings. The predicted molar refractivity (Wildman–Crippen MR) is 133 cm³/mol. The van der Waals surface area contributed by atoms with Crippen molar-refractivity contribution in [2.24, 2.45) is 23.7 Å². The Hall–Kier alpha value is -2.08. The van der Waals surface area contributed by atoms with Gasteiger partial charge in [-0.1, -0.05) is 47.5 Å². The van der Waals surface area contributed by atoms with Crippen LogP contribution in [0.3, 0.4) is 0 Å². The zero-order valence-electron chi connectivity index (χ0n) is 18.1. The highest BCUT2D eigenvalue weighted by Crippen LogP contribution is 2.57. The number of aromatic nitrogens is 1. The van der Waals surface area contributed by atoms with Crippen LogP contribution in [0.5, 0.6) is 10.9 Å². The van der Waals surface area contributed by atoms with Crippen LogP contribution in [-0.4, -0.2) is 15.9 Å². The van der Waals surface area contributed by atoms with E-state index in [1.807, 2.05) is 24.3 Å². The van der Waals surface area contributed by atoms with E-state index in [0.717, 1.165) is 47.9 Å². The molecule has 1 heterocycles. The van der Waals surface area contributed by atoms with E-state index in [4.69, 9.17) is 27.9 Å². The molecule has 1 N–H and O–H groups in total. The van der Waals surface area contributed by atoms with Crippen LogP contribution in [0.2, 0.25) is 10.0 Å². The number of benzene rings is 2. The smallest absolute Gasteiger partial charge is 0.279 e. The Labute approximate surface area is 206 Å². The topological polar surface area (TPSA) is 59.4 Å². The third-order valence-corrected chi connectivity index (χ3v) is 9.06. The highest BCUT2D eigenvalue weighted by molar-refractivity contribution is 7.20. The molecular formula is C26H23Cl2NO3S. The van der Waals surface area contributed by atoms with Crippen molar-refractivity contribution in [1.82, 2.24) is 4.98 Å². The fraction of sp³-hybridized carbons (Fsp3) is 0.385. The van der Waals surface area contributed by atoms with Crippen molar-refractivity contribution in [3.05, 3.63) is 57.3 Å². The molecule has 33 heavy (non-hydrogen) atoms. The van der Waals surface area contributed by atoms with Gasteiger partial charge < -0.3 is 9.84 Å². The molecule has 1 aromatic heterocycles. The van der Waals surface area contributed by atoms with Crippen LogP contribution in [0, 0.1) is 23.7 Å². The second kappa shape index (κ2) is 8.00. The third kappa shape index (κ3) is 3.39. The summed E-state index contributed by atoms with van der Waals surface area (Å²) in [4.78, 5) is 18.1. The predicted octanol–water partition coefficient (Wildman–Crippen LogP) is 7.86. The minimum atomic E-state index is -0.0575. The normalized spacial score (nSPS) is 26.3. The van der Waals surface area contributed by atoms with Crippen molar-refractivity contribution in [1.29, 1.82) is 0 Å². The van der Waals surface area contributed by atoms with E-state index in [9.17, 15) is 9.90 Å². The largest absolute Gasteiger partial charge is 0.511 e. The quantitative estimate of drug-likeness (QED) is 0.396. The Morgan fingerprint density at radius 3 is 2.52 bits per heavy atom. The maximum Gasteiger partial charge on any atom is 0.279 e. The molecule has 2 bridgehead atoms. The van der Waals surface area contributed by atoms with Crippen molar-refractivity contribution in [3.8, 4) is 10.9 Å². The molecule has 0 amide bonds. The van der Waals surface area contributed by atoms with E-state index >= 15 is 0 Å². The van der Waals surface area contributed by atoms with Gasteiger partial charge in [-0.25, -0.2) is 4.98 Å². The van der Waals surface area contributed by atoms with E-state index in [-0.39, 0.29) is 17.6 Å². The minimum Gasteiger partial charge on any atom is -0.511 e. The highest BCUT2D eigenvalue weighted by Gasteiger charge is 2.54. The first kappa shape index (κ1) is 21.5. The van der Waals surface area contributed by atoms with Gasteiger partial charge in [-0.05, 0) is 79.3 Å². The van der Waals surface area contributed by atoms with Crippen LogP contribution in [0.4, 0.5) is 0 Å². The first-order chi connectivity index (χ1) is 15.9. The number of carbonyl (C=O) groups excluding carboxylic acids is 1. The molecule has 170 valence electrons. The van der Waals surface area contributed by atoms with Gasteiger partial charge in [-0.15, -0.1) is 0 Å². The van der Waals surface area contributed by atoms with Crippen LogP contribution in [0.15, 0.2) is 36.1 Å². The number of aliphatic hydroxyl groups is 1. The van der Waals surface area contributed by atoms with Crippen LogP contribution in [0.25, 0.3) is 15.8 Å². The molecule has 4 aliphatic carbocycles. The van der Waals surface area contributed by atoms with Crippen molar-refractivity contribution in [2.75, 3.05) is 0 Å². The molecule has 0 radical (unpaired) electrons. The fourth-order valence-corrected chi connectivity index (χ4v) is 7.75. The van der Waals surface area contributed by atoms with E-state index in [1.165, 1.54) is 11.3 Å². The lowest BCUT2D eigenvalue weighted by atomic mass is 9.59. The Bertz CT molecular complexity index is 1320. The average Bonchev–Trinajstić information content (AvgIpc) is 3.34. The first-order valence-electron chi connectivity index (χ1n) is 11.5. The van der Waals surface area contributed by atoms with Gasteiger partial charge in [0.1, 0.15) is 17.0 Å². The van der Waals surface area contributed by atoms with E-state index in [0.29, 0.717) is 49.7 Å². The Morgan fingerprint density at radius 1 is 1.09 bits per heavy atom. The van der Waals surface area contributed by atoms with E-state index in [1.54, 1.807) is 6.07 Å². The van der Waals surface area contributed by atoms with Crippen LogP contribution >= 0.6 is 34.5 Å². The van der Waals surface area contributed by atoms with Crippen molar-refractivity contribution < 1.29 is 14.6 Å². The number of fused-ring (bicyclic) bond motifs is 3. The highest BCUT2D eigenvalue weighted by atomic mass is 35.5. The molecule has 2 unspecified atom stereocenters. The van der Waals surface area contributed by atoms with Gasteiger partial charge in [-0.2, -0.15) is 0 Å². The minimum absolute atomic E-state index is 0.00886. The van der Waals surface area contributed by atoms with Gasteiger partial charge in [0.15, 0.2) is 5.78 Å². The number of ketones is 1. The summed E-state index contributed by atoms with van der Waals surface area (Å²) < 4.78 is 6.94. The van der Waals surface area contributed by atoms with Crippen LogP contribution in [0.1, 0.15) is 43.7 Å². The summed E-state index contributed by atoms with van der Waals surface area (Å²) in [6, 6.07) is 9.22. The number of hydrogen-bond acceptors (Lipinski definition) is 5. The molecule has 2 aromatic carbocycles. The maximum absolute atomic E-state index is 13.6. The number of Topliss-reactive ketones (excluding diaryl/α,β-unsaturated/α-hetero) is 1. The van der Waals surface area contributed by atoms with Gasteiger partial charge in [0.2, 0.25) is 0 Å². The monoisotopic (exact) mass is 499 g/mol. The van der Waals surface area contributed by atoms with Gasteiger partial charge in [0.05, 0.1) is 15.3 Å².